The predicted molar refractivity (Wildman–Crippen MR) is 134 cm³/mol. The van der Waals surface area contributed by atoms with Gasteiger partial charge in [-0.05, 0) is 55.5 Å². The van der Waals surface area contributed by atoms with Gasteiger partial charge in [-0.1, -0.05) is 46.8 Å². The van der Waals surface area contributed by atoms with Gasteiger partial charge in [0.1, 0.15) is 34.1 Å². The fourth-order valence-corrected chi connectivity index (χ4v) is 6.44. The predicted octanol–water partition coefficient (Wildman–Crippen LogP) is 5.16. The minimum atomic E-state index is -1.58. The zero-order chi connectivity index (χ0) is 25.0. The van der Waals surface area contributed by atoms with E-state index in [1.165, 1.54) is 11.3 Å². The largest absolute Gasteiger partial charge is 0.486 e. The van der Waals surface area contributed by atoms with Gasteiger partial charge in [-0.25, -0.2) is 8.93 Å². The van der Waals surface area contributed by atoms with Crippen molar-refractivity contribution in [1.82, 2.24) is 4.72 Å². The van der Waals surface area contributed by atoms with Gasteiger partial charge in [0.25, 0.3) is 0 Å². The number of hydrogen-bond donors (Lipinski definition) is 2. The maximum Gasteiger partial charge on any atom is 0.318 e. The fraction of sp³-hybridized carbons (Fsp3) is 0.520. The number of carboxylic acids is 1. The lowest BCUT2D eigenvalue weighted by atomic mass is 9.74. The van der Waals surface area contributed by atoms with Crippen LogP contribution in [0.5, 0.6) is 5.75 Å². The summed E-state index contributed by atoms with van der Waals surface area (Å²) in [5.74, 6) is -0.302. The molecule has 0 amide bonds. The number of ether oxygens (including phenoxy) is 1. The molecule has 0 spiro atoms. The van der Waals surface area contributed by atoms with Crippen LogP contribution in [0.25, 0.3) is 0 Å². The first kappa shape index (κ1) is 27.2. The standard InChI is InChI=1S/C25H35NO5S2/c1-8-25(9-2,21-13-17(4)23(32-21)33(30)26-14-22(28)29)18-10-11-19(16(3)12-18)31-15-20(27)24(5,6)7/h10-13,26H,8-9,14-15H2,1-7H3,(H,28,29). The Bertz CT molecular complexity index is 1030. The molecule has 0 saturated carbocycles. The molecular formula is C25H35NO5S2. The number of carbonyl (C=O) groups is 2. The van der Waals surface area contributed by atoms with Crippen molar-refractivity contribution in [3.63, 3.8) is 0 Å². The average Bonchev–Trinajstić information content (AvgIpc) is 3.13. The molecule has 0 aliphatic heterocycles. The van der Waals surface area contributed by atoms with Crippen molar-refractivity contribution in [3.8, 4) is 5.75 Å². The second-order valence-electron chi connectivity index (χ2n) is 9.30. The van der Waals surface area contributed by atoms with Gasteiger partial charge < -0.3 is 9.84 Å². The van der Waals surface area contributed by atoms with Crippen LogP contribution < -0.4 is 9.46 Å². The van der Waals surface area contributed by atoms with Crippen molar-refractivity contribution < 1.29 is 23.6 Å². The molecule has 0 bridgehead atoms. The van der Waals surface area contributed by atoms with Gasteiger partial charge in [-0.2, -0.15) is 0 Å². The molecule has 33 heavy (non-hydrogen) atoms. The highest BCUT2D eigenvalue weighted by atomic mass is 32.2. The van der Waals surface area contributed by atoms with Crippen LogP contribution in [-0.2, 0) is 26.0 Å². The van der Waals surface area contributed by atoms with Gasteiger partial charge in [-0.15, -0.1) is 11.3 Å². The fourth-order valence-electron chi connectivity index (χ4n) is 3.70. The normalized spacial score (nSPS) is 13.1. The highest BCUT2D eigenvalue weighted by Crippen LogP contribution is 2.44. The van der Waals surface area contributed by atoms with E-state index in [0.717, 1.165) is 34.4 Å². The monoisotopic (exact) mass is 493 g/mol. The third-order valence-corrected chi connectivity index (χ3v) is 9.00. The summed E-state index contributed by atoms with van der Waals surface area (Å²) in [6, 6.07) is 8.15. The minimum absolute atomic E-state index is 0.0407. The number of carboxylic acid groups (broad SMARTS) is 1. The second-order valence-corrected chi connectivity index (χ2v) is 11.8. The number of nitrogens with one attached hydrogen (secondary N) is 1. The van der Waals surface area contributed by atoms with Gasteiger partial charge in [0, 0.05) is 15.7 Å². The maximum atomic E-state index is 12.6. The number of rotatable bonds is 11. The Balaban J connectivity index is 2.36. The zero-order valence-corrected chi connectivity index (χ0v) is 22.2. The Morgan fingerprint density at radius 3 is 2.24 bits per heavy atom. The summed E-state index contributed by atoms with van der Waals surface area (Å²) in [6.45, 7) is 13.5. The Morgan fingerprint density at radius 1 is 1.09 bits per heavy atom. The minimum Gasteiger partial charge on any atom is -0.486 e. The molecule has 0 aliphatic carbocycles. The van der Waals surface area contributed by atoms with E-state index in [1.54, 1.807) is 0 Å². The van der Waals surface area contributed by atoms with Crippen LogP contribution in [0.1, 0.15) is 69.0 Å². The first-order valence-corrected chi connectivity index (χ1v) is 13.1. The SMILES string of the molecule is CCC(CC)(c1ccc(OCC(=O)C(C)(C)C)c(C)c1)c1cc(C)c(S(=O)NCC(=O)O)s1. The summed E-state index contributed by atoms with van der Waals surface area (Å²) in [4.78, 5) is 24.2. The number of carbonyl (C=O) groups excluding carboxylic acids is 1. The Kier molecular flexibility index (Phi) is 9.01. The Hall–Kier alpha value is -2.03. The molecule has 182 valence electrons. The summed E-state index contributed by atoms with van der Waals surface area (Å²) >= 11 is 1.47. The molecule has 0 saturated heterocycles. The van der Waals surface area contributed by atoms with Crippen LogP contribution in [0.3, 0.4) is 0 Å². The Labute approximate surface area is 203 Å². The van der Waals surface area contributed by atoms with E-state index in [0.29, 0.717) is 9.96 Å². The van der Waals surface area contributed by atoms with Gasteiger partial charge in [-0.3, -0.25) is 9.59 Å². The lowest BCUT2D eigenvalue weighted by molar-refractivity contribution is -0.135. The van der Waals surface area contributed by atoms with Crippen LogP contribution in [0, 0.1) is 19.3 Å². The molecule has 1 aromatic heterocycles. The molecule has 1 atom stereocenters. The van der Waals surface area contributed by atoms with Crippen molar-refractivity contribution in [1.29, 1.82) is 0 Å². The molecule has 0 radical (unpaired) electrons. The summed E-state index contributed by atoms with van der Waals surface area (Å²) in [6.07, 6.45) is 1.69. The number of Topliss-reactive ketones (excluding diaryl/α,β-unsaturated/α-hetero) is 1. The van der Waals surface area contributed by atoms with Crippen molar-refractivity contribution in [3.05, 3.63) is 45.8 Å². The van der Waals surface area contributed by atoms with Crippen molar-refractivity contribution in [2.75, 3.05) is 13.2 Å². The lowest BCUT2D eigenvalue weighted by Gasteiger charge is -2.32. The first-order valence-electron chi connectivity index (χ1n) is 11.1. The molecule has 2 aromatic rings. The number of hydrogen-bond acceptors (Lipinski definition) is 5. The molecular weight excluding hydrogens is 458 g/mol. The summed E-state index contributed by atoms with van der Waals surface area (Å²) < 4.78 is 21.7. The molecule has 0 aliphatic rings. The van der Waals surface area contributed by atoms with Gasteiger partial charge in [0.05, 0.1) is 0 Å². The molecule has 2 N–H and O–H groups in total. The van der Waals surface area contributed by atoms with Crippen molar-refractivity contribution in [2.24, 2.45) is 5.41 Å². The number of aryl methyl sites for hydroxylation is 2. The van der Waals surface area contributed by atoms with Crippen LogP contribution >= 0.6 is 11.3 Å². The van der Waals surface area contributed by atoms with Crippen LogP contribution in [-0.4, -0.2) is 34.2 Å². The summed E-state index contributed by atoms with van der Waals surface area (Å²) in [5.41, 5.74) is 2.27. The molecule has 6 nitrogen and oxygen atoms in total. The third kappa shape index (κ3) is 6.31. The smallest absolute Gasteiger partial charge is 0.318 e. The van der Waals surface area contributed by atoms with E-state index < -0.39 is 22.4 Å². The van der Waals surface area contributed by atoms with E-state index in [2.05, 4.69) is 30.7 Å². The quantitative estimate of drug-likeness (QED) is 0.451. The summed E-state index contributed by atoms with van der Waals surface area (Å²) in [5, 5.41) is 8.87. The number of ketones is 1. The average molecular weight is 494 g/mol. The highest BCUT2D eigenvalue weighted by Gasteiger charge is 2.34. The Morgan fingerprint density at radius 2 is 1.73 bits per heavy atom. The molecule has 2 rings (SSSR count). The van der Waals surface area contributed by atoms with Crippen LogP contribution in [0.15, 0.2) is 28.5 Å². The van der Waals surface area contributed by atoms with E-state index in [1.807, 2.05) is 46.8 Å². The molecule has 8 heteroatoms. The topological polar surface area (TPSA) is 92.7 Å². The second kappa shape index (κ2) is 10.9. The van der Waals surface area contributed by atoms with Gasteiger partial charge in [0.15, 0.2) is 5.78 Å². The van der Waals surface area contributed by atoms with Crippen molar-refractivity contribution >= 4 is 34.1 Å². The molecule has 1 heterocycles. The number of benzene rings is 1. The lowest BCUT2D eigenvalue weighted by Crippen LogP contribution is -2.27. The molecule has 1 unspecified atom stereocenters. The van der Waals surface area contributed by atoms with Crippen LogP contribution in [0.2, 0.25) is 0 Å². The number of thiophene rings is 1. The number of aliphatic carboxylic acids is 1. The third-order valence-electron chi connectivity index (χ3n) is 6.00. The van der Waals surface area contributed by atoms with Crippen LogP contribution in [0.4, 0.5) is 0 Å². The molecule has 1 aromatic carbocycles. The zero-order valence-electron chi connectivity index (χ0n) is 20.5. The van der Waals surface area contributed by atoms with E-state index >= 15 is 0 Å². The van der Waals surface area contributed by atoms with Crippen molar-refractivity contribution in [2.45, 2.75) is 70.9 Å². The van der Waals surface area contributed by atoms with E-state index in [-0.39, 0.29) is 24.3 Å². The van der Waals surface area contributed by atoms with Gasteiger partial charge >= 0.3 is 5.97 Å². The maximum absolute atomic E-state index is 12.6. The highest BCUT2D eigenvalue weighted by molar-refractivity contribution is 7.85. The van der Waals surface area contributed by atoms with E-state index in [9.17, 15) is 13.8 Å². The molecule has 0 fully saturated rings. The summed E-state index contributed by atoms with van der Waals surface area (Å²) in [7, 11) is -1.58. The van der Waals surface area contributed by atoms with Gasteiger partial charge in [0.2, 0.25) is 0 Å². The van der Waals surface area contributed by atoms with E-state index in [4.69, 9.17) is 9.84 Å². The first-order chi connectivity index (χ1) is 15.4.